The molecule has 2 aliphatic heterocycles. The highest BCUT2D eigenvalue weighted by Gasteiger charge is 2.30. The highest BCUT2D eigenvalue weighted by atomic mass is 16.2. The van der Waals surface area contributed by atoms with Gasteiger partial charge in [0.25, 0.3) is 0 Å². The normalized spacial score (nSPS) is 35.5. The van der Waals surface area contributed by atoms with E-state index in [1.807, 2.05) is 0 Å². The van der Waals surface area contributed by atoms with Crippen LogP contribution in [0.4, 0.5) is 0 Å². The number of hydrogen-bond acceptors (Lipinski definition) is 2. The summed E-state index contributed by atoms with van der Waals surface area (Å²) >= 11 is 0. The molecule has 13 heavy (non-hydrogen) atoms. The van der Waals surface area contributed by atoms with Gasteiger partial charge in [0, 0.05) is 25.6 Å². The van der Waals surface area contributed by atoms with Crippen LogP contribution in [0, 0.1) is 5.92 Å². The largest absolute Gasteiger partial charge is 0.338 e. The van der Waals surface area contributed by atoms with E-state index in [0.717, 1.165) is 32.5 Å². The van der Waals surface area contributed by atoms with Crippen LogP contribution in [0.2, 0.25) is 0 Å². The maximum absolute atomic E-state index is 11.7. The van der Waals surface area contributed by atoms with Crippen LogP contribution in [0.1, 0.15) is 26.2 Å². The van der Waals surface area contributed by atoms with E-state index in [9.17, 15) is 4.79 Å². The molecular formula is C10H18N2O. The fourth-order valence-electron chi connectivity index (χ4n) is 2.29. The summed E-state index contributed by atoms with van der Waals surface area (Å²) in [5, 5.41) is 3.31. The zero-order chi connectivity index (χ0) is 9.26. The topological polar surface area (TPSA) is 32.3 Å². The summed E-state index contributed by atoms with van der Waals surface area (Å²) in [4.78, 5) is 13.8. The monoisotopic (exact) mass is 182 g/mol. The van der Waals surface area contributed by atoms with Crippen LogP contribution < -0.4 is 5.32 Å². The number of rotatable bonds is 1. The SMILES string of the molecule is C[C@H]1CCN([C@H]2CCNC2)C(=O)C1. The molecule has 74 valence electrons. The first-order valence-electron chi connectivity index (χ1n) is 5.27. The first-order chi connectivity index (χ1) is 6.27. The second kappa shape index (κ2) is 3.66. The van der Waals surface area contributed by atoms with E-state index in [-0.39, 0.29) is 0 Å². The number of nitrogens with one attached hydrogen (secondary N) is 1. The van der Waals surface area contributed by atoms with Gasteiger partial charge in [-0.1, -0.05) is 6.92 Å². The Hall–Kier alpha value is -0.570. The molecule has 1 N–H and O–H groups in total. The lowest BCUT2D eigenvalue weighted by Crippen LogP contribution is -2.45. The fraction of sp³-hybridized carbons (Fsp3) is 0.900. The Bertz CT molecular complexity index is 199. The predicted molar refractivity (Wildman–Crippen MR) is 51.4 cm³/mol. The number of amides is 1. The number of nitrogens with zero attached hydrogens (tertiary/aromatic N) is 1. The van der Waals surface area contributed by atoms with Gasteiger partial charge in [0.1, 0.15) is 0 Å². The van der Waals surface area contributed by atoms with E-state index in [2.05, 4.69) is 17.1 Å². The predicted octanol–water partition coefficient (Wildman–Crippen LogP) is 0.607. The summed E-state index contributed by atoms with van der Waals surface area (Å²) in [7, 11) is 0. The van der Waals surface area contributed by atoms with Crippen molar-refractivity contribution < 1.29 is 4.79 Å². The molecular weight excluding hydrogens is 164 g/mol. The Morgan fingerprint density at radius 3 is 2.92 bits per heavy atom. The highest BCUT2D eigenvalue weighted by molar-refractivity contribution is 5.77. The van der Waals surface area contributed by atoms with Gasteiger partial charge in [0.15, 0.2) is 0 Å². The van der Waals surface area contributed by atoms with E-state index in [0.29, 0.717) is 17.9 Å². The van der Waals surface area contributed by atoms with Gasteiger partial charge in [0.05, 0.1) is 0 Å². The third-order valence-corrected chi connectivity index (χ3v) is 3.18. The molecule has 0 aromatic rings. The van der Waals surface area contributed by atoms with E-state index >= 15 is 0 Å². The molecule has 0 aliphatic carbocycles. The maximum Gasteiger partial charge on any atom is 0.223 e. The molecule has 3 heteroatoms. The van der Waals surface area contributed by atoms with E-state index in [1.165, 1.54) is 6.42 Å². The van der Waals surface area contributed by atoms with Crippen molar-refractivity contribution in [3.05, 3.63) is 0 Å². The van der Waals surface area contributed by atoms with Crippen LogP contribution in [0.15, 0.2) is 0 Å². The molecule has 0 unspecified atom stereocenters. The minimum Gasteiger partial charge on any atom is -0.338 e. The van der Waals surface area contributed by atoms with Crippen molar-refractivity contribution in [2.75, 3.05) is 19.6 Å². The van der Waals surface area contributed by atoms with Crippen molar-refractivity contribution in [2.24, 2.45) is 5.92 Å². The standard InChI is InChI=1S/C10H18N2O/c1-8-3-5-12(10(13)6-8)9-2-4-11-7-9/h8-9,11H,2-7H2,1H3/t8-,9-/m0/s1. The van der Waals surface area contributed by atoms with Crippen LogP contribution in [0.3, 0.4) is 0 Å². The molecule has 2 atom stereocenters. The van der Waals surface area contributed by atoms with Crippen molar-refractivity contribution in [1.29, 1.82) is 0 Å². The van der Waals surface area contributed by atoms with E-state index < -0.39 is 0 Å². The first kappa shape index (κ1) is 9.00. The number of carbonyl (C=O) groups is 1. The molecule has 0 saturated carbocycles. The molecule has 0 radical (unpaired) electrons. The Morgan fingerprint density at radius 1 is 1.46 bits per heavy atom. The zero-order valence-corrected chi connectivity index (χ0v) is 8.25. The van der Waals surface area contributed by atoms with E-state index in [4.69, 9.17) is 0 Å². The number of likely N-dealkylation sites (tertiary alicyclic amines) is 1. The number of carbonyl (C=O) groups excluding carboxylic acids is 1. The highest BCUT2D eigenvalue weighted by Crippen LogP contribution is 2.21. The summed E-state index contributed by atoms with van der Waals surface area (Å²) < 4.78 is 0. The summed E-state index contributed by atoms with van der Waals surface area (Å²) in [6.45, 7) is 5.22. The lowest BCUT2D eigenvalue weighted by Gasteiger charge is -2.34. The summed E-state index contributed by atoms with van der Waals surface area (Å²) in [5.41, 5.74) is 0. The van der Waals surface area contributed by atoms with Crippen molar-refractivity contribution in [2.45, 2.75) is 32.2 Å². The van der Waals surface area contributed by atoms with Gasteiger partial charge in [-0.2, -0.15) is 0 Å². The van der Waals surface area contributed by atoms with Crippen LogP contribution in [-0.2, 0) is 4.79 Å². The molecule has 0 bridgehead atoms. The smallest absolute Gasteiger partial charge is 0.223 e. The third kappa shape index (κ3) is 1.85. The molecule has 1 amide bonds. The summed E-state index contributed by atoms with van der Waals surface area (Å²) in [6.07, 6.45) is 3.08. The molecule has 2 heterocycles. The second-order valence-corrected chi connectivity index (χ2v) is 4.33. The van der Waals surface area contributed by atoms with Gasteiger partial charge < -0.3 is 10.2 Å². The lowest BCUT2D eigenvalue weighted by atomic mass is 9.97. The molecule has 0 aromatic carbocycles. The van der Waals surface area contributed by atoms with Gasteiger partial charge >= 0.3 is 0 Å². The minimum atomic E-state index is 0.368. The number of hydrogen-bond donors (Lipinski definition) is 1. The first-order valence-corrected chi connectivity index (χ1v) is 5.27. The van der Waals surface area contributed by atoms with Crippen LogP contribution in [0.5, 0.6) is 0 Å². The molecule has 3 nitrogen and oxygen atoms in total. The molecule has 2 fully saturated rings. The molecule has 0 spiro atoms. The van der Waals surface area contributed by atoms with Crippen molar-refractivity contribution >= 4 is 5.91 Å². The Kier molecular flexibility index (Phi) is 2.54. The molecule has 2 saturated heterocycles. The average Bonchev–Trinajstić information content (AvgIpc) is 2.56. The third-order valence-electron chi connectivity index (χ3n) is 3.18. The molecule has 2 rings (SSSR count). The van der Waals surface area contributed by atoms with Crippen molar-refractivity contribution in [1.82, 2.24) is 10.2 Å². The fourth-order valence-corrected chi connectivity index (χ4v) is 2.29. The zero-order valence-electron chi connectivity index (χ0n) is 8.25. The second-order valence-electron chi connectivity index (χ2n) is 4.33. The van der Waals surface area contributed by atoms with Crippen molar-refractivity contribution in [3.63, 3.8) is 0 Å². The average molecular weight is 182 g/mol. The Balaban J connectivity index is 1.95. The molecule has 0 aromatic heterocycles. The van der Waals surface area contributed by atoms with Gasteiger partial charge in [-0.3, -0.25) is 4.79 Å². The van der Waals surface area contributed by atoms with Gasteiger partial charge in [-0.15, -0.1) is 0 Å². The Morgan fingerprint density at radius 2 is 2.31 bits per heavy atom. The van der Waals surface area contributed by atoms with E-state index in [1.54, 1.807) is 0 Å². The molecule has 2 aliphatic rings. The van der Waals surface area contributed by atoms with Crippen LogP contribution in [-0.4, -0.2) is 36.5 Å². The minimum absolute atomic E-state index is 0.368. The van der Waals surface area contributed by atoms with Gasteiger partial charge in [-0.25, -0.2) is 0 Å². The maximum atomic E-state index is 11.7. The van der Waals surface area contributed by atoms with Crippen LogP contribution in [0.25, 0.3) is 0 Å². The quantitative estimate of drug-likeness (QED) is 0.644. The summed E-state index contributed by atoms with van der Waals surface area (Å²) in [6, 6.07) is 0.486. The number of piperidine rings is 1. The Labute approximate surface area is 79.5 Å². The lowest BCUT2D eigenvalue weighted by molar-refractivity contribution is -0.136. The van der Waals surface area contributed by atoms with Gasteiger partial charge in [-0.05, 0) is 25.3 Å². The van der Waals surface area contributed by atoms with Gasteiger partial charge in [0.2, 0.25) is 5.91 Å². The summed E-state index contributed by atoms with van der Waals surface area (Å²) in [5.74, 6) is 0.963. The van der Waals surface area contributed by atoms with Crippen LogP contribution >= 0.6 is 0 Å². The van der Waals surface area contributed by atoms with Crippen molar-refractivity contribution in [3.8, 4) is 0 Å².